The van der Waals surface area contributed by atoms with E-state index in [1.54, 1.807) is 60.7 Å². The van der Waals surface area contributed by atoms with Crippen LogP contribution in [0.3, 0.4) is 0 Å². The van der Waals surface area contributed by atoms with E-state index in [1.807, 2.05) is 12.1 Å². The molecule has 0 unspecified atom stereocenters. The molecular weight excluding hydrogens is 436 g/mol. The summed E-state index contributed by atoms with van der Waals surface area (Å²) in [6.45, 7) is 0.384. The van der Waals surface area contributed by atoms with Crippen LogP contribution in [0.1, 0.15) is 11.1 Å². The van der Waals surface area contributed by atoms with Gasteiger partial charge in [0.2, 0.25) is 25.4 Å². The number of para-hydroxylation sites is 2. The largest absolute Gasteiger partial charge is 0.454 e. The summed E-state index contributed by atoms with van der Waals surface area (Å²) in [6.07, 6.45) is 6.17. The van der Waals surface area contributed by atoms with E-state index in [-0.39, 0.29) is 25.4 Å². The SMILES string of the molecule is O=C(/C=C\c1ccc2c(c1)OCO2)Nc1ccccc1NC(=O)/C=C/c1ccc2c(c1)OCO2. The maximum atomic E-state index is 12.5. The van der Waals surface area contributed by atoms with Crippen molar-refractivity contribution in [1.82, 2.24) is 0 Å². The van der Waals surface area contributed by atoms with Crippen molar-refractivity contribution in [2.75, 3.05) is 24.2 Å². The lowest BCUT2D eigenvalue weighted by atomic mass is 10.2. The van der Waals surface area contributed by atoms with E-state index in [0.717, 1.165) is 11.1 Å². The molecule has 0 fully saturated rings. The average molecular weight is 456 g/mol. The number of amides is 2. The van der Waals surface area contributed by atoms with Crippen molar-refractivity contribution >= 4 is 35.3 Å². The third-order valence-electron chi connectivity index (χ3n) is 5.09. The predicted molar refractivity (Wildman–Crippen MR) is 127 cm³/mol. The molecule has 170 valence electrons. The van der Waals surface area contributed by atoms with Gasteiger partial charge in [0.1, 0.15) is 0 Å². The van der Waals surface area contributed by atoms with Crippen LogP contribution in [0.2, 0.25) is 0 Å². The number of benzene rings is 3. The van der Waals surface area contributed by atoms with Crippen molar-refractivity contribution in [3.63, 3.8) is 0 Å². The van der Waals surface area contributed by atoms with Gasteiger partial charge >= 0.3 is 0 Å². The Morgan fingerprint density at radius 1 is 0.618 bits per heavy atom. The second-order valence-electron chi connectivity index (χ2n) is 7.42. The van der Waals surface area contributed by atoms with E-state index in [9.17, 15) is 9.59 Å². The van der Waals surface area contributed by atoms with Crippen molar-refractivity contribution in [2.24, 2.45) is 0 Å². The Morgan fingerprint density at radius 3 is 1.53 bits per heavy atom. The minimum absolute atomic E-state index is 0.192. The molecule has 8 heteroatoms. The Morgan fingerprint density at radius 2 is 1.06 bits per heavy atom. The van der Waals surface area contributed by atoms with Crippen LogP contribution in [0.15, 0.2) is 72.8 Å². The molecule has 2 aliphatic heterocycles. The first-order valence-electron chi connectivity index (χ1n) is 10.5. The molecule has 34 heavy (non-hydrogen) atoms. The number of rotatable bonds is 6. The summed E-state index contributed by atoms with van der Waals surface area (Å²) in [5.41, 5.74) is 2.56. The Bertz CT molecular complexity index is 1210. The molecule has 2 aliphatic rings. The smallest absolute Gasteiger partial charge is 0.248 e. The van der Waals surface area contributed by atoms with Crippen LogP contribution in [-0.4, -0.2) is 25.4 Å². The van der Waals surface area contributed by atoms with Gasteiger partial charge in [-0.05, 0) is 59.7 Å². The third kappa shape index (κ3) is 4.86. The first-order valence-corrected chi connectivity index (χ1v) is 10.5. The summed E-state index contributed by atoms with van der Waals surface area (Å²) in [5, 5.41) is 5.58. The number of carbonyl (C=O) groups excluding carboxylic acids is 2. The standard InChI is InChI=1S/C26H20N2O6/c29-25(11-7-17-5-9-21-23(13-17)33-15-31-21)27-19-3-1-2-4-20(19)28-26(30)12-8-18-6-10-22-24(14-18)34-16-32-22/h1-14H,15-16H2,(H,27,29)(H,28,30)/b11-7-,12-8+. The fourth-order valence-electron chi connectivity index (χ4n) is 3.43. The van der Waals surface area contributed by atoms with Gasteiger partial charge in [-0.1, -0.05) is 24.3 Å². The normalized spacial score (nSPS) is 13.4. The van der Waals surface area contributed by atoms with Crippen LogP contribution < -0.4 is 29.6 Å². The first-order chi connectivity index (χ1) is 16.6. The Kier molecular flexibility index (Phi) is 5.85. The zero-order valence-corrected chi connectivity index (χ0v) is 17.9. The lowest BCUT2D eigenvalue weighted by molar-refractivity contribution is -0.112. The van der Waals surface area contributed by atoms with Gasteiger partial charge in [0.25, 0.3) is 0 Å². The van der Waals surface area contributed by atoms with E-state index in [0.29, 0.717) is 34.4 Å². The highest BCUT2D eigenvalue weighted by Crippen LogP contribution is 2.33. The number of anilines is 2. The minimum atomic E-state index is -0.338. The summed E-state index contributed by atoms with van der Waals surface area (Å²) in [7, 11) is 0. The summed E-state index contributed by atoms with van der Waals surface area (Å²) in [5.74, 6) is 1.97. The van der Waals surface area contributed by atoms with Crippen LogP contribution in [0.25, 0.3) is 12.2 Å². The summed E-state index contributed by atoms with van der Waals surface area (Å²) >= 11 is 0. The molecule has 2 heterocycles. The molecule has 5 rings (SSSR count). The fourth-order valence-corrected chi connectivity index (χ4v) is 3.43. The lowest BCUT2D eigenvalue weighted by Crippen LogP contribution is -2.13. The molecule has 0 saturated heterocycles. The van der Waals surface area contributed by atoms with Crippen LogP contribution in [0.4, 0.5) is 11.4 Å². The molecule has 0 saturated carbocycles. The van der Waals surface area contributed by atoms with E-state index in [4.69, 9.17) is 18.9 Å². The van der Waals surface area contributed by atoms with E-state index in [1.165, 1.54) is 12.2 Å². The number of nitrogens with one attached hydrogen (secondary N) is 2. The van der Waals surface area contributed by atoms with Gasteiger partial charge in [0.15, 0.2) is 23.0 Å². The van der Waals surface area contributed by atoms with Gasteiger partial charge in [-0.2, -0.15) is 0 Å². The van der Waals surface area contributed by atoms with Gasteiger partial charge in [-0.15, -0.1) is 0 Å². The van der Waals surface area contributed by atoms with Crippen molar-refractivity contribution in [2.45, 2.75) is 0 Å². The molecular formula is C26H20N2O6. The van der Waals surface area contributed by atoms with E-state index >= 15 is 0 Å². The van der Waals surface area contributed by atoms with E-state index < -0.39 is 0 Å². The van der Waals surface area contributed by atoms with Crippen molar-refractivity contribution in [3.05, 3.63) is 83.9 Å². The number of fused-ring (bicyclic) bond motifs is 2. The molecule has 2 N–H and O–H groups in total. The Labute approximate surface area is 195 Å². The zero-order chi connectivity index (χ0) is 23.3. The van der Waals surface area contributed by atoms with Gasteiger partial charge in [-0.3, -0.25) is 9.59 Å². The molecule has 8 nitrogen and oxygen atoms in total. The highest BCUT2D eigenvalue weighted by Gasteiger charge is 2.13. The van der Waals surface area contributed by atoms with Crippen molar-refractivity contribution in [1.29, 1.82) is 0 Å². The first kappa shape index (κ1) is 21.1. The molecule has 3 aromatic rings. The molecule has 2 amide bonds. The van der Waals surface area contributed by atoms with Gasteiger partial charge in [0, 0.05) is 12.2 Å². The van der Waals surface area contributed by atoms with Crippen LogP contribution in [0.5, 0.6) is 23.0 Å². The zero-order valence-electron chi connectivity index (χ0n) is 17.9. The summed E-state index contributed by atoms with van der Waals surface area (Å²) < 4.78 is 21.3. The third-order valence-corrected chi connectivity index (χ3v) is 5.09. The highest BCUT2D eigenvalue weighted by molar-refractivity contribution is 6.08. The number of carbonyl (C=O) groups is 2. The Hall–Kier alpha value is -4.72. The minimum Gasteiger partial charge on any atom is -0.454 e. The molecule has 0 spiro atoms. The topological polar surface area (TPSA) is 95.1 Å². The Balaban J connectivity index is 1.21. The van der Waals surface area contributed by atoms with Crippen molar-refractivity contribution < 1.29 is 28.5 Å². The number of hydrogen-bond donors (Lipinski definition) is 2. The van der Waals surface area contributed by atoms with Gasteiger partial charge < -0.3 is 29.6 Å². The predicted octanol–water partition coefficient (Wildman–Crippen LogP) is 4.45. The van der Waals surface area contributed by atoms with E-state index in [2.05, 4.69) is 10.6 Å². The van der Waals surface area contributed by atoms with Crippen LogP contribution in [0, 0.1) is 0 Å². The van der Waals surface area contributed by atoms with Gasteiger partial charge in [-0.25, -0.2) is 0 Å². The number of ether oxygens (including phenoxy) is 4. The maximum Gasteiger partial charge on any atom is 0.248 e. The molecule has 0 aliphatic carbocycles. The summed E-state index contributed by atoms with van der Waals surface area (Å²) in [6, 6.07) is 17.8. The number of hydrogen-bond acceptors (Lipinski definition) is 6. The molecule has 0 bridgehead atoms. The maximum absolute atomic E-state index is 12.5. The van der Waals surface area contributed by atoms with Crippen LogP contribution in [-0.2, 0) is 9.59 Å². The van der Waals surface area contributed by atoms with Gasteiger partial charge in [0.05, 0.1) is 11.4 Å². The second kappa shape index (κ2) is 9.41. The molecule has 3 aromatic carbocycles. The van der Waals surface area contributed by atoms with Crippen LogP contribution >= 0.6 is 0 Å². The van der Waals surface area contributed by atoms with Crippen molar-refractivity contribution in [3.8, 4) is 23.0 Å². The molecule has 0 atom stereocenters. The molecule has 0 radical (unpaired) electrons. The fraction of sp³-hybridized carbons (Fsp3) is 0.0769. The lowest BCUT2D eigenvalue weighted by Gasteiger charge is -2.10. The summed E-state index contributed by atoms with van der Waals surface area (Å²) in [4.78, 5) is 24.9. The average Bonchev–Trinajstić information content (AvgIpc) is 3.51. The quantitative estimate of drug-likeness (QED) is 0.533. The monoisotopic (exact) mass is 456 g/mol. The second-order valence-corrected chi connectivity index (χ2v) is 7.42. The molecule has 0 aromatic heterocycles. The highest BCUT2D eigenvalue weighted by atomic mass is 16.7.